The Labute approximate surface area is 176 Å². The summed E-state index contributed by atoms with van der Waals surface area (Å²) in [5, 5.41) is 6.82. The van der Waals surface area contributed by atoms with Crippen LogP contribution >= 0.6 is 0 Å². The van der Waals surface area contributed by atoms with E-state index in [1.54, 1.807) is 12.4 Å². The zero-order valence-corrected chi connectivity index (χ0v) is 16.8. The van der Waals surface area contributed by atoms with Gasteiger partial charge in [-0.1, -0.05) is 30.3 Å². The molecular weight excluding hydrogens is 370 g/mol. The molecule has 1 aliphatic heterocycles. The van der Waals surface area contributed by atoms with Crippen LogP contribution in [0.1, 0.15) is 52.7 Å². The molecule has 3 aromatic rings. The number of nitrogens with zero attached hydrogens (tertiary/aromatic N) is 1. The number of nitrogens with one attached hydrogen (secondary N) is 2. The van der Waals surface area contributed by atoms with Gasteiger partial charge in [0.2, 0.25) is 0 Å². The molecular formula is C26H25N3O. The van der Waals surface area contributed by atoms with E-state index in [9.17, 15) is 4.79 Å². The van der Waals surface area contributed by atoms with Gasteiger partial charge in [-0.3, -0.25) is 9.78 Å². The molecule has 2 bridgehead atoms. The molecule has 2 fully saturated rings. The lowest BCUT2D eigenvalue weighted by Crippen LogP contribution is -2.35. The van der Waals surface area contributed by atoms with E-state index >= 15 is 0 Å². The molecule has 2 aliphatic carbocycles. The molecule has 3 aliphatic rings. The zero-order valence-electron chi connectivity index (χ0n) is 16.8. The number of aromatic nitrogens is 1. The number of hydrogen-bond donors (Lipinski definition) is 2. The van der Waals surface area contributed by atoms with Crippen molar-refractivity contribution in [3.63, 3.8) is 0 Å². The fraction of sp³-hybridized carbons (Fsp3) is 0.308. The minimum atomic E-state index is -0.0734. The van der Waals surface area contributed by atoms with Crippen LogP contribution in [0.4, 0.5) is 11.4 Å². The van der Waals surface area contributed by atoms with E-state index in [4.69, 9.17) is 0 Å². The minimum absolute atomic E-state index is 0.0734. The van der Waals surface area contributed by atoms with Crippen molar-refractivity contribution in [1.82, 2.24) is 4.98 Å². The van der Waals surface area contributed by atoms with E-state index in [1.165, 1.54) is 36.1 Å². The van der Waals surface area contributed by atoms with Gasteiger partial charge in [-0.15, -0.1) is 0 Å². The van der Waals surface area contributed by atoms with Crippen LogP contribution in [0, 0.1) is 17.8 Å². The van der Waals surface area contributed by atoms with Crippen LogP contribution in [0.25, 0.3) is 0 Å². The van der Waals surface area contributed by atoms with Gasteiger partial charge in [0.15, 0.2) is 0 Å². The largest absolute Gasteiger partial charge is 0.378 e. The van der Waals surface area contributed by atoms with Crippen LogP contribution in [0.2, 0.25) is 0 Å². The predicted octanol–water partition coefficient (Wildman–Crippen LogP) is 5.63. The first kappa shape index (κ1) is 17.7. The van der Waals surface area contributed by atoms with Gasteiger partial charge in [0.25, 0.3) is 5.91 Å². The Kier molecular flexibility index (Phi) is 4.12. The molecule has 6 rings (SSSR count). The zero-order chi connectivity index (χ0) is 20.1. The molecule has 1 aromatic heterocycles. The summed E-state index contributed by atoms with van der Waals surface area (Å²) >= 11 is 0. The Morgan fingerprint density at radius 2 is 1.87 bits per heavy atom. The fourth-order valence-corrected chi connectivity index (χ4v) is 6.26. The highest BCUT2D eigenvalue weighted by molar-refractivity contribution is 6.04. The highest BCUT2D eigenvalue weighted by atomic mass is 16.1. The minimum Gasteiger partial charge on any atom is -0.378 e. The number of fused-ring (bicyclic) bond motifs is 7. The molecule has 4 heteroatoms. The van der Waals surface area contributed by atoms with Gasteiger partial charge < -0.3 is 10.6 Å². The normalized spacial score (nSPS) is 28.3. The Morgan fingerprint density at radius 3 is 2.70 bits per heavy atom. The van der Waals surface area contributed by atoms with Gasteiger partial charge in [-0.05, 0) is 84.4 Å². The summed E-state index contributed by atoms with van der Waals surface area (Å²) in [5.74, 6) is 2.59. The average Bonchev–Trinajstić information content (AvgIpc) is 3.42. The van der Waals surface area contributed by atoms with Crippen molar-refractivity contribution < 1.29 is 4.79 Å². The van der Waals surface area contributed by atoms with Crippen molar-refractivity contribution in [2.45, 2.75) is 31.2 Å². The number of amides is 1. The number of hydrogen-bond acceptors (Lipinski definition) is 3. The standard InChI is InChI=1S/C26H25N3O/c30-26(28-20-7-4-12-27-15-20)19-10-11-22-21(14-19)23-17-8-9-18(13-17)24(23)25(29-22)16-5-2-1-3-6-16/h1-7,10-12,14-15,17-18,23-25,29H,8-9,13H2,(H,28,30)/t17-,18+,23+,24+,25+/m0/s1. The third-order valence-corrected chi connectivity index (χ3v) is 7.43. The van der Waals surface area contributed by atoms with Crippen LogP contribution < -0.4 is 10.6 Å². The summed E-state index contributed by atoms with van der Waals surface area (Å²) in [4.78, 5) is 17.0. The van der Waals surface area contributed by atoms with Crippen molar-refractivity contribution in [1.29, 1.82) is 0 Å². The molecule has 0 unspecified atom stereocenters. The molecule has 150 valence electrons. The molecule has 2 N–H and O–H groups in total. The maximum absolute atomic E-state index is 12.9. The number of anilines is 2. The average molecular weight is 396 g/mol. The summed E-state index contributed by atoms with van der Waals surface area (Å²) in [5.41, 5.74) is 5.34. The van der Waals surface area contributed by atoms with Gasteiger partial charge >= 0.3 is 0 Å². The number of carbonyl (C=O) groups is 1. The molecule has 0 radical (unpaired) electrons. The van der Waals surface area contributed by atoms with E-state index in [0.717, 1.165) is 23.1 Å². The summed E-state index contributed by atoms with van der Waals surface area (Å²) in [7, 11) is 0. The first-order chi connectivity index (χ1) is 14.8. The topological polar surface area (TPSA) is 54.0 Å². The Hall–Kier alpha value is -3.14. The summed E-state index contributed by atoms with van der Waals surface area (Å²) in [6.45, 7) is 0. The third kappa shape index (κ3) is 2.82. The lowest BCUT2D eigenvalue weighted by atomic mass is 9.68. The number of benzene rings is 2. The van der Waals surface area contributed by atoms with Gasteiger partial charge in [0.05, 0.1) is 17.9 Å². The highest BCUT2D eigenvalue weighted by Gasteiger charge is 2.53. The number of carbonyl (C=O) groups excluding carboxylic acids is 1. The van der Waals surface area contributed by atoms with Crippen LogP contribution in [-0.4, -0.2) is 10.9 Å². The number of rotatable bonds is 3. The molecule has 0 spiro atoms. The monoisotopic (exact) mass is 395 g/mol. The van der Waals surface area contributed by atoms with Crippen molar-refractivity contribution in [3.8, 4) is 0 Å². The van der Waals surface area contributed by atoms with Gasteiger partial charge in [-0.25, -0.2) is 0 Å². The molecule has 2 aromatic carbocycles. The van der Waals surface area contributed by atoms with Gasteiger partial charge in [-0.2, -0.15) is 0 Å². The Morgan fingerprint density at radius 1 is 1.00 bits per heavy atom. The van der Waals surface area contributed by atoms with Crippen molar-refractivity contribution >= 4 is 17.3 Å². The highest BCUT2D eigenvalue weighted by Crippen LogP contribution is 2.63. The Bertz CT molecular complexity index is 1080. The van der Waals surface area contributed by atoms with E-state index < -0.39 is 0 Å². The molecule has 1 amide bonds. The van der Waals surface area contributed by atoms with Crippen LogP contribution in [0.15, 0.2) is 73.1 Å². The van der Waals surface area contributed by atoms with Crippen molar-refractivity contribution in [2.75, 3.05) is 10.6 Å². The van der Waals surface area contributed by atoms with Gasteiger partial charge in [0.1, 0.15) is 0 Å². The second-order valence-electron chi connectivity index (χ2n) is 8.97. The van der Waals surface area contributed by atoms with Crippen LogP contribution in [-0.2, 0) is 0 Å². The summed E-state index contributed by atoms with van der Waals surface area (Å²) in [6.07, 6.45) is 7.37. The van der Waals surface area contributed by atoms with E-state index in [1.807, 2.05) is 18.2 Å². The quantitative estimate of drug-likeness (QED) is 0.604. The predicted molar refractivity (Wildman–Crippen MR) is 118 cm³/mol. The molecule has 2 heterocycles. The van der Waals surface area contributed by atoms with E-state index in [-0.39, 0.29) is 5.91 Å². The molecule has 0 saturated heterocycles. The molecule has 4 nitrogen and oxygen atoms in total. The maximum Gasteiger partial charge on any atom is 0.255 e. The molecule has 2 saturated carbocycles. The van der Waals surface area contributed by atoms with E-state index in [0.29, 0.717) is 17.9 Å². The van der Waals surface area contributed by atoms with Gasteiger partial charge in [0, 0.05) is 17.4 Å². The molecule has 5 atom stereocenters. The lowest BCUT2D eigenvalue weighted by molar-refractivity contribution is 0.102. The van der Waals surface area contributed by atoms with Crippen molar-refractivity contribution in [3.05, 3.63) is 89.7 Å². The second-order valence-corrected chi connectivity index (χ2v) is 8.97. The fourth-order valence-electron chi connectivity index (χ4n) is 6.26. The lowest BCUT2D eigenvalue weighted by Gasteiger charge is -2.43. The maximum atomic E-state index is 12.9. The van der Waals surface area contributed by atoms with Crippen molar-refractivity contribution in [2.24, 2.45) is 17.8 Å². The first-order valence-corrected chi connectivity index (χ1v) is 10.9. The smallest absolute Gasteiger partial charge is 0.255 e. The van der Waals surface area contributed by atoms with Crippen LogP contribution in [0.3, 0.4) is 0 Å². The Balaban J connectivity index is 1.36. The molecule has 30 heavy (non-hydrogen) atoms. The first-order valence-electron chi connectivity index (χ1n) is 10.9. The summed E-state index contributed by atoms with van der Waals surface area (Å²) in [6, 6.07) is 21.1. The summed E-state index contributed by atoms with van der Waals surface area (Å²) < 4.78 is 0. The van der Waals surface area contributed by atoms with E-state index in [2.05, 4.69) is 58.1 Å². The second kappa shape index (κ2) is 6.98. The number of pyridine rings is 1. The SMILES string of the molecule is O=C(Nc1cccnc1)c1ccc2c(c1)[C@H]1[C@H]3CC[C@H](C3)[C@H]1[C@@H](c1ccccc1)N2. The van der Waals surface area contributed by atoms with Crippen LogP contribution in [0.5, 0.6) is 0 Å². The third-order valence-electron chi connectivity index (χ3n) is 7.43.